The van der Waals surface area contributed by atoms with Gasteiger partial charge < -0.3 is 10.2 Å². The number of likely N-dealkylation sites (N-methyl/N-ethyl adjacent to an activating group) is 2. The van der Waals surface area contributed by atoms with Gasteiger partial charge in [0, 0.05) is 25.2 Å². The third-order valence-electron chi connectivity index (χ3n) is 2.39. The quantitative estimate of drug-likeness (QED) is 0.797. The molecule has 0 amide bonds. The highest BCUT2D eigenvalue weighted by atomic mass is 19.1. The van der Waals surface area contributed by atoms with Gasteiger partial charge in [-0.05, 0) is 32.6 Å². The van der Waals surface area contributed by atoms with Gasteiger partial charge >= 0.3 is 0 Å². The number of aryl methyl sites for hydroxylation is 1. The summed E-state index contributed by atoms with van der Waals surface area (Å²) in [6.07, 6.45) is 0. The van der Waals surface area contributed by atoms with Gasteiger partial charge in [0.2, 0.25) is 0 Å². The van der Waals surface area contributed by atoms with Crippen molar-refractivity contribution < 1.29 is 4.39 Å². The maximum absolute atomic E-state index is 13.5. The number of benzene rings is 1. The molecule has 0 fully saturated rings. The SMILES string of the molecule is CNCCN(C)Cc1ccc(C)cc1F. The van der Waals surface area contributed by atoms with E-state index < -0.39 is 0 Å². The van der Waals surface area contributed by atoms with E-state index >= 15 is 0 Å². The highest BCUT2D eigenvalue weighted by Gasteiger charge is 2.05. The van der Waals surface area contributed by atoms with E-state index in [1.165, 1.54) is 0 Å². The summed E-state index contributed by atoms with van der Waals surface area (Å²) < 4.78 is 13.5. The lowest BCUT2D eigenvalue weighted by molar-refractivity contribution is 0.322. The van der Waals surface area contributed by atoms with Crippen molar-refractivity contribution >= 4 is 0 Å². The smallest absolute Gasteiger partial charge is 0.127 e. The number of nitrogens with zero attached hydrogens (tertiary/aromatic N) is 1. The molecular weight excluding hydrogens is 191 g/mol. The van der Waals surface area contributed by atoms with Gasteiger partial charge in [-0.3, -0.25) is 0 Å². The summed E-state index contributed by atoms with van der Waals surface area (Å²) in [5.74, 6) is -0.105. The summed E-state index contributed by atoms with van der Waals surface area (Å²) >= 11 is 0. The molecule has 0 aliphatic rings. The molecular formula is C12H19FN2. The van der Waals surface area contributed by atoms with Crippen molar-refractivity contribution in [1.29, 1.82) is 0 Å². The molecule has 0 aromatic heterocycles. The van der Waals surface area contributed by atoms with Crippen LogP contribution in [0, 0.1) is 12.7 Å². The Bertz CT molecular complexity index is 312. The molecule has 0 radical (unpaired) electrons. The average Bonchev–Trinajstić information content (AvgIpc) is 2.19. The first-order valence-electron chi connectivity index (χ1n) is 5.21. The Labute approximate surface area is 91.1 Å². The molecule has 1 aromatic rings. The van der Waals surface area contributed by atoms with Crippen LogP contribution in [0.1, 0.15) is 11.1 Å². The Morgan fingerprint density at radius 1 is 1.40 bits per heavy atom. The maximum Gasteiger partial charge on any atom is 0.127 e. The van der Waals surface area contributed by atoms with Crippen molar-refractivity contribution in [1.82, 2.24) is 10.2 Å². The fraction of sp³-hybridized carbons (Fsp3) is 0.500. The standard InChI is InChI=1S/C12H19FN2/c1-10-4-5-11(12(13)8-10)9-15(3)7-6-14-2/h4-5,8,14H,6-7,9H2,1-3H3. The average molecular weight is 210 g/mol. The Balaban J connectivity index is 2.56. The number of hydrogen-bond donors (Lipinski definition) is 1. The maximum atomic E-state index is 13.5. The van der Waals surface area contributed by atoms with Gasteiger partial charge in [0.25, 0.3) is 0 Å². The second-order valence-corrected chi connectivity index (χ2v) is 3.94. The first kappa shape index (κ1) is 12.1. The van der Waals surface area contributed by atoms with Crippen LogP contribution in [0.3, 0.4) is 0 Å². The van der Waals surface area contributed by atoms with Crippen LogP contribution in [0.4, 0.5) is 4.39 Å². The van der Waals surface area contributed by atoms with Crippen molar-refractivity contribution in [3.05, 3.63) is 35.1 Å². The molecule has 0 heterocycles. The van der Waals surface area contributed by atoms with Gasteiger partial charge in [-0.1, -0.05) is 12.1 Å². The van der Waals surface area contributed by atoms with Crippen molar-refractivity contribution in [3.63, 3.8) is 0 Å². The van der Waals surface area contributed by atoms with Gasteiger partial charge in [-0.2, -0.15) is 0 Å². The topological polar surface area (TPSA) is 15.3 Å². The lowest BCUT2D eigenvalue weighted by atomic mass is 10.1. The van der Waals surface area contributed by atoms with E-state index in [4.69, 9.17) is 0 Å². The minimum atomic E-state index is -0.105. The molecule has 0 bridgehead atoms. The molecule has 1 N–H and O–H groups in total. The molecule has 15 heavy (non-hydrogen) atoms. The predicted molar refractivity (Wildman–Crippen MR) is 61.4 cm³/mol. The van der Waals surface area contributed by atoms with Crippen molar-refractivity contribution in [2.75, 3.05) is 27.2 Å². The summed E-state index contributed by atoms with van der Waals surface area (Å²) in [5, 5.41) is 3.07. The molecule has 0 saturated heterocycles. The lowest BCUT2D eigenvalue weighted by Gasteiger charge is -2.16. The Morgan fingerprint density at radius 3 is 2.73 bits per heavy atom. The van der Waals surface area contributed by atoms with E-state index in [1.807, 2.05) is 33.2 Å². The fourth-order valence-electron chi connectivity index (χ4n) is 1.45. The van der Waals surface area contributed by atoms with Gasteiger partial charge in [-0.15, -0.1) is 0 Å². The zero-order valence-electron chi connectivity index (χ0n) is 9.68. The number of nitrogens with one attached hydrogen (secondary N) is 1. The van der Waals surface area contributed by atoms with Crippen LogP contribution in [0.5, 0.6) is 0 Å². The van der Waals surface area contributed by atoms with Crippen LogP contribution in [0.15, 0.2) is 18.2 Å². The molecule has 0 saturated carbocycles. The molecule has 0 aliphatic carbocycles. The van der Waals surface area contributed by atoms with Crippen LogP contribution in [-0.4, -0.2) is 32.1 Å². The highest BCUT2D eigenvalue weighted by molar-refractivity contribution is 5.23. The molecule has 0 atom stereocenters. The van der Waals surface area contributed by atoms with Crippen LogP contribution in [0.25, 0.3) is 0 Å². The molecule has 2 nitrogen and oxygen atoms in total. The Kier molecular flexibility index (Phi) is 4.72. The van der Waals surface area contributed by atoms with E-state index in [9.17, 15) is 4.39 Å². The Morgan fingerprint density at radius 2 is 2.13 bits per heavy atom. The molecule has 3 heteroatoms. The fourth-order valence-corrected chi connectivity index (χ4v) is 1.45. The van der Waals surface area contributed by atoms with E-state index in [-0.39, 0.29) is 5.82 Å². The first-order valence-corrected chi connectivity index (χ1v) is 5.21. The first-order chi connectivity index (χ1) is 7.13. The van der Waals surface area contributed by atoms with Crippen molar-refractivity contribution in [2.24, 2.45) is 0 Å². The van der Waals surface area contributed by atoms with E-state index in [0.29, 0.717) is 6.54 Å². The summed E-state index contributed by atoms with van der Waals surface area (Å²) in [4.78, 5) is 2.10. The third kappa shape index (κ3) is 3.98. The van der Waals surface area contributed by atoms with Crippen molar-refractivity contribution in [3.8, 4) is 0 Å². The summed E-state index contributed by atoms with van der Waals surface area (Å²) in [5.41, 5.74) is 1.73. The van der Waals surface area contributed by atoms with Gasteiger partial charge in [0.15, 0.2) is 0 Å². The van der Waals surface area contributed by atoms with Gasteiger partial charge in [0.1, 0.15) is 5.82 Å². The van der Waals surface area contributed by atoms with Crippen LogP contribution < -0.4 is 5.32 Å². The molecule has 84 valence electrons. The van der Waals surface area contributed by atoms with Crippen LogP contribution in [-0.2, 0) is 6.54 Å². The zero-order chi connectivity index (χ0) is 11.3. The number of rotatable bonds is 5. The van der Waals surface area contributed by atoms with E-state index in [1.54, 1.807) is 6.07 Å². The zero-order valence-corrected chi connectivity index (χ0v) is 9.68. The normalized spacial score (nSPS) is 11.0. The Hall–Kier alpha value is -0.930. The van der Waals surface area contributed by atoms with E-state index in [2.05, 4.69) is 10.2 Å². The molecule has 1 rings (SSSR count). The van der Waals surface area contributed by atoms with Crippen molar-refractivity contribution in [2.45, 2.75) is 13.5 Å². The second kappa shape index (κ2) is 5.83. The molecule has 0 unspecified atom stereocenters. The highest BCUT2D eigenvalue weighted by Crippen LogP contribution is 2.11. The molecule has 0 aliphatic heterocycles. The number of hydrogen-bond acceptors (Lipinski definition) is 2. The van der Waals surface area contributed by atoms with Gasteiger partial charge in [0.05, 0.1) is 0 Å². The third-order valence-corrected chi connectivity index (χ3v) is 2.39. The lowest BCUT2D eigenvalue weighted by Crippen LogP contribution is -2.27. The minimum Gasteiger partial charge on any atom is -0.318 e. The number of halogens is 1. The van der Waals surface area contributed by atoms with Gasteiger partial charge in [-0.25, -0.2) is 4.39 Å². The summed E-state index contributed by atoms with van der Waals surface area (Å²) in [7, 11) is 3.91. The largest absolute Gasteiger partial charge is 0.318 e. The van der Waals surface area contributed by atoms with Crippen LogP contribution >= 0.6 is 0 Å². The summed E-state index contributed by atoms with van der Waals surface area (Å²) in [6, 6.07) is 5.39. The minimum absolute atomic E-state index is 0.105. The second-order valence-electron chi connectivity index (χ2n) is 3.94. The molecule has 1 aromatic carbocycles. The van der Waals surface area contributed by atoms with E-state index in [0.717, 1.165) is 24.2 Å². The summed E-state index contributed by atoms with van der Waals surface area (Å²) in [6.45, 7) is 4.40. The molecule has 0 spiro atoms. The monoisotopic (exact) mass is 210 g/mol. The predicted octanol–water partition coefficient (Wildman–Crippen LogP) is 1.79. The van der Waals surface area contributed by atoms with Crippen LogP contribution in [0.2, 0.25) is 0 Å².